The van der Waals surface area contributed by atoms with Gasteiger partial charge in [-0.2, -0.15) is 0 Å². The Bertz CT molecular complexity index is 496. The van der Waals surface area contributed by atoms with Crippen LogP contribution in [0.2, 0.25) is 0 Å². The standard InChI is InChI=1S/C16H19NO3/c18-15(10-12-6-4-5-7-12)17-14(11-16(19)20)13-8-2-1-3-9-13/h1-4,6,8-9,12,14H,5,7,10-11H2,(H,17,18)(H,19,20). The Hall–Kier alpha value is -2.10. The highest BCUT2D eigenvalue weighted by atomic mass is 16.4. The average molecular weight is 273 g/mol. The van der Waals surface area contributed by atoms with Gasteiger partial charge in [0.2, 0.25) is 5.91 Å². The van der Waals surface area contributed by atoms with Crippen molar-refractivity contribution in [3.05, 3.63) is 48.0 Å². The predicted octanol–water partition coefficient (Wildman–Crippen LogP) is 2.67. The largest absolute Gasteiger partial charge is 0.481 e. The molecule has 0 bridgehead atoms. The van der Waals surface area contributed by atoms with Gasteiger partial charge in [-0.15, -0.1) is 0 Å². The molecule has 20 heavy (non-hydrogen) atoms. The number of carboxylic acid groups (broad SMARTS) is 1. The number of carbonyl (C=O) groups excluding carboxylic acids is 1. The van der Waals surface area contributed by atoms with E-state index in [9.17, 15) is 9.59 Å². The van der Waals surface area contributed by atoms with Gasteiger partial charge < -0.3 is 10.4 Å². The average Bonchev–Trinajstić information content (AvgIpc) is 2.91. The van der Waals surface area contributed by atoms with Crippen LogP contribution >= 0.6 is 0 Å². The van der Waals surface area contributed by atoms with Crippen molar-refractivity contribution in [2.24, 2.45) is 5.92 Å². The highest BCUT2D eigenvalue weighted by molar-refractivity contribution is 5.78. The summed E-state index contributed by atoms with van der Waals surface area (Å²) >= 11 is 0. The van der Waals surface area contributed by atoms with E-state index in [1.165, 1.54) is 0 Å². The molecule has 0 heterocycles. The smallest absolute Gasteiger partial charge is 0.305 e. The van der Waals surface area contributed by atoms with Gasteiger partial charge >= 0.3 is 5.97 Å². The van der Waals surface area contributed by atoms with Crippen LogP contribution < -0.4 is 5.32 Å². The second-order valence-electron chi connectivity index (χ2n) is 5.10. The molecule has 1 aromatic rings. The van der Waals surface area contributed by atoms with Gasteiger partial charge in [-0.1, -0.05) is 42.5 Å². The monoisotopic (exact) mass is 273 g/mol. The summed E-state index contributed by atoms with van der Waals surface area (Å²) in [5, 5.41) is 11.8. The molecule has 1 aliphatic rings. The lowest BCUT2D eigenvalue weighted by Gasteiger charge is -2.18. The van der Waals surface area contributed by atoms with E-state index in [4.69, 9.17) is 5.11 Å². The highest BCUT2D eigenvalue weighted by Crippen LogP contribution is 2.22. The fraction of sp³-hybridized carbons (Fsp3) is 0.375. The van der Waals surface area contributed by atoms with E-state index < -0.39 is 12.0 Å². The maximum absolute atomic E-state index is 12.0. The van der Waals surface area contributed by atoms with Crippen LogP contribution in [0.5, 0.6) is 0 Å². The first-order valence-corrected chi connectivity index (χ1v) is 6.88. The Morgan fingerprint density at radius 1 is 1.30 bits per heavy atom. The Balaban J connectivity index is 1.98. The molecule has 4 heteroatoms. The van der Waals surface area contributed by atoms with Crippen LogP contribution in [-0.4, -0.2) is 17.0 Å². The molecule has 0 aliphatic heterocycles. The van der Waals surface area contributed by atoms with Crippen LogP contribution in [0, 0.1) is 5.92 Å². The summed E-state index contributed by atoms with van der Waals surface area (Å²) in [6.07, 6.45) is 6.51. The van der Waals surface area contributed by atoms with Crippen LogP contribution in [-0.2, 0) is 9.59 Å². The Kier molecular flexibility index (Phi) is 4.93. The van der Waals surface area contributed by atoms with Crippen LogP contribution in [0.3, 0.4) is 0 Å². The van der Waals surface area contributed by atoms with E-state index >= 15 is 0 Å². The summed E-state index contributed by atoms with van der Waals surface area (Å²) in [4.78, 5) is 23.0. The maximum Gasteiger partial charge on any atom is 0.305 e. The van der Waals surface area contributed by atoms with Crippen LogP contribution in [0.1, 0.15) is 37.3 Å². The number of hydrogen-bond acceptors (Lipinski definition) is 2. The van der Waals surface area contributed by atoms with Crippen molar-refractivity contribution < 1.29 is 14.7 Å². The van der Waals surface area contributed by atoms with Gasteiger partial charge in [-0.05, 0) is 24.3 Å². The van der Waals surface area contributed by atoms with E-state index in [1.807, 2.05) is 30.3 Å². The Morgan fingerprint density at radius 2 is 2.05 bits per heavy atom. The third-order valence-electron chi connectivity index (χ3n) is 3.48. The summed E-state index contributed by atoms with van der Waals surface area (Å²) in [5.74, 6) is -0.715. The fourth-order valence-electron chi connectivity index (χ4n) is 2.47. The third kappa shape index (κ3) is 4.23. The van der Waals surface area contributed by atoms with Gasteiger partial charge in [0.25, 0.3) is 0 Å². The minimum atomic E-state index is -0.917. The van der Waals surface area contributed by atoms with Crippen LogP contribution in [0.25, 0.3) is 0 Å². The van der Waals surface area contributed by atoms with Crippen molar-refractivity contribution in [1.29, 1.82) is 0 Å². The molecule has 0 saturated carbocycles. The molecule has 0 spiro atoms. The van der Waals surface area contributed by atoms with Crippen molar-refractivity contribution >= 4 is 11.9 Å². The van der Waals surface area contributed by atoms with Gasteiger partial charge in [0, 0.05) is 6.42 Å². The number of amides is 1. The normalized spacial score (nSPS) is 18.7. The molecule has 2 atom stereocenters. The summed E-state index contributed by atoms with van der Waals surface area (Å²) in [6, 6.07) is 8.76. The summed E-state index contributed by atoms with van der Waals surface area (Å²) in [7, 11) is 0. The minimum absolute atomic E-state index is 0.0864. The van der Waals surface area contributed by atoms with Gasteiger partial charge in [0.15, 0.2) is 0 Å². The molecule has 0 saturated heterocycles. The van der Waals surface area contributed by atoms with E-state index in [2.05, 4.69) is 17.5 Å². The molecule has 1 aromatic carbocycles. The number of carboxylic acids is 1. The molecular formula is C16H19NO3. The number of carbonyl (C=O) groups is 2. The molecule has 1 aliphatic carbocycles. The Labute approximate surface area is 118 Å². The lowest BCUT2D eigenvalue weighted by Crippen LogP contribution is -2.31. The van der Waals surface area contributed by atoms with Crippen molar-refractivity contribution in [1.82, 2.24) is 5.32 Å². The number of aliphatic carboxylic acids is 1. The molecule has 0 fully saturated rings. The molecule has 0 radical (unpaired) electrons. The topological polar surface area (TPSA) is 66.4 Å². The molecule has 2 unspecified atom stereocenters. The lowest BCUT2D eigenvalue weighted by atomic mass is 10.0. The molecule has 1 amide bonds. The minimum Gasteiger partial charge on any atom is -0.481 e. The fourth-order valence-corrected chi connectivity index (χ4v) is 2.47. The summed E-state index contributed by atoms with van der Waals surface area (Å²) < 4.78 is 0. The van der Waals surface area contributed by atoms with E-state index in [1.54, 1.807) is 0 Å². The SMILES string of the molecule is O=C(O)CC(NC(=O)CC1C=CCC1)c1ccccc1. The maximum atomic E-state index is 12.0. The highest BCUT2D eigenvalue weighted by Gasteiger charge is 2.20. The van der Waals surface area contributed by atoms with Crippen molar-refractivity contribution in [3.63, 3.8) is 0 Å². The third-order valence-corrected chi connectivity index (χ3v) is 3.48. The van der Waals surface area contributed by atoms with Crippen LogP contribution in [0.15, 0.2) is 42.5 Å². The molecular weight excluding hydrogens is 254 g/mol. The van der Waals surface area contributed by atoms with Crippen molar-refractivity contribution in [3.8, 4) is 0 Å². The molecule has 2 rings (SSSR count). The van der Waals surface area contributed by atoms with E-state index in [0.717, 1.165) is 18.4 Å². The van der Waals surface area contributed by atoms with Gasteiger partial charge in [-0.3, -0.25) is 9.59 Å². The molecule has 2 N–H and O–H groups in total. The van der Waals surface area contributed by atoms with E-state index in [0.29, 0.717) is 6.42 Å². The van der Waals surface area contributed by atoms with Crippen molar-refractivity contribution in [2.45, 2.75) is 31.7 Å². The zero-order valence-corrected chi connectivity index (χ0v) is 11.3. The van der Waals surface area contributed by atoms with Crippen molar-refractivity contribution in [2.75, 3.05) is 0 Å². The molecule has 4 nitrogen and oxygen atoms in total. The van der Waals surface area contributed by atoms with Gasteiger partial charge in [-0.25, -0.2) is 0 Å². The lowest BCUT2D eigenvalue weighted by molar-refractivity contribution is -0.137. The number of nitrogens with one attached hydrogen (secondary N) is 1. The Morgan fingerprint density at radius 3 is 2.65 bits per heavy atom. The first-order chi connectivity index (χ1) is 9.65. The summed E-state index contributed by atoms with van der Waals surface area (Å²) in [5.41, 5.74) is 0.824. The first-order valence-electron chi connectivity index (χ1n) is 6.88. The zero-order valence-electron chi connectivity index (χ0n) is 11.3. The number of hydrogen-bond donors (Lipinski definition) is 2. The summed E-state index contributed by atoms with van der Waals surface area (Å²) in [6.45, 7) is 0. The van der Waals surface area contributed by atoms with Gasteiger partial charge in [0.05, 0.1) is 12.5 Å². The number of benzene rings is 1. The first kappa shape index (κ1) is 14.3. The number of rotatable bonds is 6. The number of allylic oxidation sites excluding steroid dienone is 2. The molecule has 0 aromatic heterocycles. The zero-order chi connectivity index (χ0) is 14.4. The quantitative estimate of drug-likeness (QED) is 0.783. The second kappa shape index (κ2) is 6.89. The predicted molar refractivity (Wildman–Crippen MR) is 76.1 cm³/mol. The van der Waals surface area contributed by atoms with E-state index in [-0.39, 0.29) is 18.2 Å². The molecule has 106 valence electrons. The van der Waals surface area contributed by atoms with Crippen LogP contribution in [0.4, 0.5) is 0 Å². The van der Waals surface area contributed by atoms with Gasteiger partial charge in [0.1, 0.15) is 0 Å². The second-order valence-corrected chi connectivity index (χ2v) is 5.10.